The molecule has 0 aliphatic carbocycles. The van der Waals surface area contributed by atoms with Gasteiger partial charge in [-0.15, -0.1) is 0 Å². The van der Waals surface area contributed by atoms with Crippen LogP contribution in [-0.2, 0) is 21.4 Å². The summed E-state index contributed by atoms with van der Waals surface area (Å²) in [6, 6.07) is 4.94. The Labute approximate surface area is 128 Å². The maximum Gasteiger partial charge on any atom is 0.242 e. The van der Waals surface area contributed by atoms with E-state index in [2.05, 4.69) is 13.4 Å². The fourth-order valence-electron chi connectivity index (χ4n) is 2.01. The minimum Gasteiger partial charge on any atom is -0.396 e. The van der Waals surface area contributed by atoms with Crippen LogP contribution in [0.3, 0.4) is 0 Å². The molecule has 1 aliphatic heterocycles. The molecule has 116 valence electrons. The van der Waals surface area contributed by atoms with Crippen molar-refractivity contribution >= 4 is 32.8 Å². The Bertz CT molecular complexity index is 693. The second-order valence-electron chi connectivity index (χ2n) is 5.70. The number of fused-ring (bicyclic) bond motifs is 1. The summed E-state index contributed by atoms with van der Waals surface area (Å²) >= 11 is 0.998. The molecule has 0 aromatic heterocycles. The van der Waals surface area contributed by atoms with E-state index < -0.39 is 10.0 Å². The van der Waals surface area contributed by atoms with Gasteiger partial charge < -0.3 is 5.11 Å². The Morgan fingerprint density at radius 1 is 1.33 bits per heavy atom. The van der Waals surface area contributed by atoms with Gasteiger partial charge in [-0.2, -0.15) is 8.73 Å². The molecule has 0 saturated heterocycles. The molecule has 0 saturated carbocycles. The maximum absolute atomic E-state index is 12.4. The molecule has 0 radical (unpaired) electrons. The molecule has 0 spiro atoms. The molecule has 0 unspecified atom stereocenters. The van der Waals surface area contributed by atoms with Crippen LogP contribution in [-0.4, -0.2) is 26.7 Å². The highest BCUT2D eigenvalue weighted by atomic mass is 32.2. The van der Waals surface area contributed by atoms with Crippen molar-refractivity contribution in [1.82, 2.24) is 4.72 Å². The Kier molecular flexibility index (Phi) is 4.92. The summed E-state index contributed by atoms with van der Waals surface area (Å²) in [6.45, 7) is 4.36. The van der Waals surface area contributed by atoms with Crippen LogP contribution in [0.15, 0.2) is 31.8 Å². The molecule has 0 fully saturated rings. The molecule has 2 N–H and O–H groups in total. The number of aliphatic hydroxyl groups excluding tert-OH is 1. The minimum atomic E-state index is -3.62. The first kappa shape index (κ1) is 16.3. The highest BCUT2D eigenvalue weighted by molar-refractivity contribution is 7.89. The second-order valence-corrected chi connectivity index (χ2v) is 7.97. The van der Waals surface area contributed by atoms with Crippen molar-refractivity contribution in [2.45, 2.75) is 31.6 Å². The van der Waals surface area contributed by atoms with E-state index in [0.717, 1.165) is 17.8 Å². The molecule has 1 aliphatic rings. The van der Waals surface area contributed by atoms with E-state index in [4.69, 9.17) is 5.11 Å². The van der Waals surface area contributed by atoms with Crippen molar-refractivity contribution in [3.05, 3.63) is 18.2 Å². The lowest BCUT2D eigenvalue weighted by Gasteiger charge is -2.24. The van der Waals surface area contributed by atoms with Crippen molar-refractivity contribution in [2.24, 2.45) is 14.1 Å². The molecule has 21 heavy (non-hydrogen) atoms. The predicted octanol–water partition coefficient (Wildman–Crippen LogP) is 2.49. The van der Waals surface area contributed by atoms with E-state index in [1.165, 1.54) is 6.07 Å². The first-order valence-corrected chi connectivity index (χ1v) is 8.89. The van der Waals surface area contributed by atoms with Crippen LogP contribution in [0.2, 0.25) is 0 Å². The number of hydrogen-bond acceptors (Lipinski definition) is 5. The molecule has 6 nitrogen and oxygen atoms in total. The normalized spacial score (nSPS) is 14.0. The van der Waals surface area contributed by atoms with Crippen molar-refractivity contribution in [3.63, 3.8) is 0 Å². The second kappa shape index (κ2) is 6.35. The number of hydrogen-bond donors (Lipinski definition) is 2. The SMILES string of the molecule is CC(C)(CCCO)CNS(=O)(=O)c1cccc2c1N=S=N2. The molecular formula is C13H19N3O3S2. The van der Waals surface area contributed by atoms with Gasteiger partial charge in [0.05, 0.1) is 11.4 Å². The number of aliphatic hydroxyl groups is 1. The predicted molar refractivity (Wildman–Crippen MR) is 83.3 cm³/mol. The number of rotatable bonds is 7. The van der Waals surface area contributed by atoms with E-state index in [9.17, 15) is 8.42 Å². The zero-order valence-corrected chi connectivity index (χ0v) is 13.7. The minimum absolute atomic E-state index is 0.111. The van der Waals surface area contributed by atoms with E-state index in [0.29, 0.717) is 24.3 Å². The summed E-state index contributed by atoms with van der Waals surface area (Å²) in [6.07, 6.45) is 1.40. The largest absolute Gasteiger partial charge is 0.396 e. The highest BCUT2D eigenvalue weighted by Crippen LogP contribution is 2.37. The summed E-state index contributed by atoms with van der Waals surface area (Å²) in [4.78, 5) is 0.159. The molecule has 0 amide bonds. The summed E-state index contributed by atoms with van der Waals surface area (Å²) in [5.74, 6) is 0. The van der Waals surface area contributed by atoms with Gasteiger partial charge in [-0.25, -0.2) is 13.1 Å². The van der Waals surface area contributed by atoms with Gasteiger partial charge >= 0.3 is 0 Å². The Morgan fingerprint density at radius 3 is 2.81 bits per heavy atom. The van der Waals surface area contributed by atoms with Gasteiger partial charge in [-0.05, 0) is 30.4 Å². The number of nitrogens with zero attached hydrogens (tertiary/aromatic N) is 2. The lowest BCUT2D eigenvalue weighted by atomic mass is 9.88. The van der Waals surface area contributed by atoms with Gasteiger partial charge in [0.15, 0.2) is 0 Å². The lowest BCUT2D eigenvalue weighted by Crippen LogP contribution is -2.34. The standard InChI is InChI=1S/C13H19N3O3S2/c1-13(2,7-4-8-17)9-14-21(18,19)11-6-3-5-10-12(11)16-20-15-10/h3,5-6,14,17H,4,7-9H2,1-2H3. The molecular weight excluding hydrogens is 310 g/mol. The van der Waals surface area contributed by atoms with Crippen LogP contribution in [0.4, 0.5) is 11.4 Å². The average molecular weight is 329 g/mol. The zero-order chi connectivity index (χ0) is 15.5. The fourth-order valence-corrected chi connectivity index (χ4v) is 4.02. The van der Waals surface area contributed by atoms with Crippen LogP contribution in [0.1, 0.15) is 26.7 Å². The Balaban J connectivity index is 2.14. The lowest BCUT2D eigenvalue weighted by molar-refractivity contribution is 0.242. The van der Waals surface area contributed by atoms with Crippen molar-refractivity contribution in [1.29, 1.82) is 0 Å². The van der Waals surface area contributed by atoms with Crippen LogP contribution >= 0.6 is 0 Å². The summed E-state index contributed by atoms with van der Waals surface area (Å²) in [7, 11) is -3.62. The summed E-state index contributed by atoms with van der Waals surface area (Å²) < 4.78 is 35.6. The van der Waals surface area contributed by atoms with Crippen LogP contribution in [0, 0.1) is 5.41 Å². The van der Waals surface area contributed by atoms with Crippen molar-refractivity contribution in [3.8, 4) is 0 Å². The molecule has 1 aromatic carbocycles. The topological polar surface area (TPSA) is 91.1 Å². The van der Waals surface area contributed by atoms with Gasteiger partial charge in [0, 0.05) is 13.2 Å². The monoisotopic (exact) mass is 329 g/mol. The molecule has 8 heteroatoms. The number of nitrogens with one attached hydrogen (secondary N) is 1. The zero-order valence-electron chi connectivity index (χ0n) is 12.0. The van der Waals surface area contributed by atoms with Crippen LogP contribution < -0.4 is 4.72 Å². The van der Waals surface area contributed by atoms with Crippen LogP contribution in [0.5, 0.6) is 0 Å². The molecule has 1 aromatic rings. The number of sulfonamides is 1. The maximum atomic E-state index is 12.4. The fraction of sp³-hybridized carbons (Fsp3) is 0.538. The van der Waals surface area contributed by atoms with Gasteiger partial charge in [-0.3, -0.25) is 0 Å². The highest BCUT2D eigenvalue weighted by Gasteiger charge is 2.25. The van der Waals surface area contributed by atoms with E-state index in [1.807, 2.05) is 13.8 Å². The number of benzene rings is 1. The molecule has 0 bridgehead atoms. The van der Waals surface area contributed by atoms with Gasteiger partial charge in [0.2, 0.25) is 10.0 Å². The first-order valence-electron chi connectivity index (χ1n) is 6.67. The van der Waals surface area contributed by atoms with Crippen molar-refractivity contribution in [2.75, 3.05) is 13.2 Å². The van der Waals surface area contributed by atoms with Crippen molar-refractivity contribution < 1.29 is 13.5 Å². The van der Waals surface area contributed by atoms with E-state index in [1.54, 1.807) is 12.1 Å². The third kappa shape index (κ3) is 3.97. The summed E-state index contributed by atoms with van der Waals surface area (Å²) in [5.41, 5.74) is 0.773. The van der Waals surface area contributed by atoms with E-state index >= 15 is 0 Å². The third-order valence-corrected chi connectivity index (χ3v) is 5.27. The van der Waals surface area contributed by atoms with Crippen LogP contribution in [0.25, 0.3) is 0 Å². The Morgan fingerprint density at radius 2 is 2.10 bits per heavy atom. The van der Waals surface area contributed by atoms with Gasteiger partial charge in [0.25, 0.3) is 0 Å². The molecule has 1 heterocycles. The average Bonchev–Trinajstić information content (AvgIpc) is 2.91. The quantitative estimate of drug-likeness (QED) is 0.817. The summed E-state index contributed by atoms with van der Waals surface area (Å²) in [5, 5.41) is 8.88. The first-order chi connectivity index (χ1) is 9.86. The molecule has 0 atom stereocenters. The molecule has 2 rings (SSSR count). The Hall–Kier alpha value is -1.09. The third-order valence-electron chi connectivity index (χ3n) is 3.29. The van der Waals surface area contributed by atoms with E-state index in [-0.39, 0.29) is 16.9 Å². The van der Waals surface area contributed by atoms with Gasteiger partial charge in [0.1, 0.15) is 16.3 Å². The smallest absolute Gasteiger partial charge is 0.242 e. The van der Waals surface area contributed by atoms with Gasteiger partial charge in [-0.1, -0.05) is 19.9 Å².